The van der Waals surface area contributed by atoms with E-state index in [1.54, 1.807) is 0 Å². The van der Waals surface area contributed by atoms with Crippen LogP contribution in [0.2, 0.25) is 0 Å². The molecule has 24 heavy (non-hydrogen) atoms. The van der Waals surface area contributed by atoms with E-state index < -0.39 is 5.60 Å². The molecule has 3 fully saturated rings. The second kappa shape index (κ2) is 7.10. The fourth-order valence-corrected chi connectivity index (χ4v) is 4.07. The maximum Gasteiger partial charge on any atom is 0.229 e. The van der Waals surface area contributed by atoms with E-state index in [9.17, 15) is 5.11 Å². The Balaban J connectivity index is 1.29. The quantitative estimate of drug-likeness (QED) is 0.859. The maximum absolute atomic E-state index is 11.0. The van der Waals surface area contributed by atoms with E-state index in [-0.39, 0.29) is 0 Å². The lowest BCUT2D eigenvalue weighted by Gasteiger charge is -2.39. The molecule has 0 aromatic carbocycles. The number of hydrogen-bond acceptors (Lipinski definition) is 6. The van der Waals surface area contributed by atoms with Gasteiger partial charge in [-0.1, -0.05) is 5.16 Å². The van der Waals surface area contributed by atoms with E-state index in [1.807, 2.05) is 0 Å². The molecular weight excluding hydrogens is 306 g/mol. The second-order valence-electron chi connectivity index (χ2n) is 7.95. The molecule has 1 aromatic heterocycles. The van der Waals surface area contributed by atoms with Crippen molar-refractivity contribution in [3.8, 4) is 0 Å². The topological polar surface area (TPSA) is 71.6 Å². The van der Waals surface area contributed by atoms with E-state index >= 15 is 0 Å². The Morgan fingerprint density at radius 2 is 2.04 bits per heavy atom. The number of rotatable bonds is 6. The Morgan fingerprint density at radius 3 is 2.83 bits per heavy atom. The first-order valence-electron chi connectivity index (χ1n) is 9.55. The van der Waals surface area contributed by atoms with Crippen LogP contribution in [0.4, 0.5) is 0 Å². The molecule has 0 spiro atoms. The van der Waals surface area contributed by atoms with Gasteiger partial charge in [-0.2, -0.15) is 4.98 Å². The summed E-state index contributed by atoms with van der Waals surface area (Å²) >= 11 is 0. The van der Waals surface area contributed by atoms with Crippen molar-refractivity contribution in [3.05, 3.63) is 11.7 Å². The van der Waals surface area contributed by atoms with Crippen LogP contribution < -0.4 is 0 Å². The van der Waals surface area contributed by atoms with Crippen molar-refractivity contribution in [2.45, 2.75) is 62.9 Å². The number of ether oxygens (including phenoxy) is 1. The molecular formula is C18H29N3O3. The first-order chi connectivity index (χ1) is 11.7. The van der Waals surface area contributed by atoms with Gasteiger partial charge < -0.3 is 19.3 Å². The zero-order valence-corrected chi connectivity index (χ0v) is 14.5. The van der Waals surface area contributed by atoms with Crippen LogP contribution in [0.15, 0.2) is 4.52 Å². The molecule has 6 heteroatoms. The van der Waals surface area contributed by atoms with E-state index in [0.717, 1.165) is 57.4 Å². The number of aliphatic hydroxyl groups is 1. The summed E-state index contributed by atoms with van der Waals surface area (Å²) in [6.07, 6.45) is 8.27. The van der Waals surface area contributed by atoms with E-state index in [4.69, 9.17) is 9.26 Å². The molecule has 6 nitrogen and oxygen atoms in total. The lowest BCUT2D eigenvalue weighted by atomic mass is 9.88. The predicted octanol–water partition coefficient (Wildman–Crippen LogP) is 2.13. The van der Waals surface area contributed by atoms with Crippen molar-refractivity contribution in [2.75, 3.05) is 32.8 Å². The Bertz CT molecular complexity index is 539. The summed E-state index contributed by atoms with van der Waals surface area (Å²) in [6.45, 7) is 4.70. The number of aromatic nitrogens is 2. The highest BCUT2D eigenvalue weighted by Gasteiger charge is 2.36. The molecule has 0 amide bonds. The smallest absolute Gasteiger partial charge is 0.229 e. The lowest BCUT2D eigenvalue weighted by molar-refractivity contribution is -0.0375. The molecule has 1 aromatic rings. The number of piperidine rings is 1. The summed E-state index contributed by atoms with van der Waals surface area (Å²) in [5.41, 5.74) is -0.721. The van der Waals surface area contributed by atoms with E-state index in [1.165, 1.54) is 32.1 Å². The highest BCUT2D eigenvalue weighted by Crippen LogP contribution is 2.38. The maximum atomic E-state index is 11.0. The molecule has 1 N–H and O–H groups in total. The van der Waals surface area contributed by atoms with Gasteiger partial charge in [0, 0.05) is 25.7 Å². The molecule has 1 aliphatic carbocycles. The van der Waals surface area contributed by atoms with Crippen LogP contribution >= 0.6 is 0 Å². The average molecular weight is 335 g/mol. The molecule has 0 bridgehead atoms. The van der Waals surface area contributed by atoms with Gasteiger partial charge >= 0.3 is 0 Å². The molecule has 1 unspecified atom stereocenters. The largest absolute Gasteiger partial charge is 0.388 e. The SMILES string of the molecule is OC1(Cc2nc(C3CC3)no2)CCCN(CCC2CCOCC2)C1. The molecule has 1 atom stereocenters. The van der Waals surface area contributed by atoms with Gasteiger partial charge in [-0.05, 0) is 64.0 Å². The zero-order chi connectivity index (χ0) is 16.4. The summed E-state index contributed by atoms with van der Waals surface area (Å²) in [7, 11) is 0. The summed E-state index contributed by atoms with van der Waals surface area (Å²) in [4.78, 5) is 6.90. The zero-order valence-electron chi connectivity index (χ0n) is 14.5. The summed E-state index contributed by atoms with van der Waals surface area (Å²) in [5, 5.41) is 15.1. The van der Waals surface area contributed by atoms with Crippen molar-refractivity contribution < 1.29 is 14.4 Å². The fourth-order valence-electron chi connectivity index (χ4n) is 4.07. The minimum Gasteiger partial charge on any atom is -0.388 e. The monoisotopic (exact) mass is 335 g/mol. The molecule has 1 saturated carbocycles. The van der Waals surface area contributed by atoms with Crippen molar-refractivity contribution >= 4 is 0 Å². The number of β-amino-alcohol motifs (C(OH)–C–C–N with tert-alkyl or cyclic N) is 1. The lowest BCUT2D eigenvalue weighted by Crippen LogP contribution is -2.50. The number of likely N-dealkylation sites (tertiary alicyclic amines) is 1. The molecule has 3 aliphatic rings. The van der Waals surface area contributed by atoms with Crippen molar-refractivity contribution in [1.29, 1.82) is 0 Å². The van der Waals surface area contributed by atoms with Gasteiger partial charge in [-0.25, -0.2) is 0 Å². The van der Waals surface area contributed by atoms with Gasteiger partial charge in [0.25, 0.3) is 0 Å². The van der Waals surface area contributed by atoms with Crippen LogP contribution in [-0.4, -0.2) is 58.6 Å². The van der Waals surface area contributed by atoms with Gasteiger partial charge in [-0.3, -0.25) is 0 Å². The fraction of sp³-hybridized carbons (Fsp3) is 0.889. The molecule has 134 valence electrons. The predicted molar refractivity (Wildman–Crippen MR) is 88.8 cm³/mol. The summed E-state index contributed by atoms with van der Waals surface area (Å²) in [5.74, 6) is 2.72. The van der Waals surface area contributed by atoms with E-state index in [2.05, 4.69) is 15.0 Å². The van der Waals surface area contributed by atoms with Crippen molar-refractivity contribution in [3.63, 3.8) is 0 Å². The highest BCUT2D eigenvalue weighted by atomic mass is 16.5. The summed E-state index contributed by atoms with van der Waals surface area (Å²) in [6, 6.07) is 0. The first kappa shape index (κ1) is 16.5. The number of nitrogens with zero attached hydrogens (tertiary/aromatic N) is 3. The van der Waals surface area contributed by atoms with Crippen LogP contribution in [0.1, 0.15) is 62.6 Å². The van der Waals surface area contributed by atoms with Crippen LogP contribution in [0.5, 0.6) is 0 Å². The van der Waals surface area contributed by atoms with Gasteiger partial charge in [0.05, 0.1) is 12.0 Å². The van der Waals surface area contributed by atoms with Crippen molar-refractivity contribution in [2.24, 2.45) is 5.92 Å². The Morgan fingerprint density at radius 1 is 1.21 bits per heavy atom. The van der Waals surface area contributed by atoms with Crippen LogP contribution in [-0.2, 0) is 11.2 Å². The first-order valence-corrected chi connectivity index (χ1v) is 9.55. The average Bonchev–Trinajstić information content (AvgIpc) is 3.34. The Labute approximate surface area is 143 Å². The normalized spacial score (nSPS) is 29.9. The molecule has 3 heterocycles. The Hall–Kier alpha value is -0.980. The molecule has 2 aliphatic heterocycles. The minimum absolute atomic E-state index is 0.487. The van der Waals surface area contributed by atoms with Crippen LogP contribution in [0.25, 0.3) is 0 Å². The van der Waals surface area contributed by atoms with E-state index in [0.29, 0.717) is 18.2 Å². The summed E-state index contributed by atoms with van der Waals surface area (Å²) < 4.78 is 10.8. The van der Waals surface area contributed by atoms with Gasteiger partial charge in [-0.15, -0.1) is 0 Å². The van der Waals surface area contributed by atoms with Crippen LogP contribution in [0.3, 0.4) is 0 Å². The highest BCUT2D eigenvalue weighted by molar-refractivity contribution is 5.05. The van der Waals surface area contributed by atoms with Gasteiger partial charge in [0.2, 0.25) is 5.89 Å². The Kier molecular flexibility index (Phi) is 4.88. The standard InChI is InChI=1S/C18H29N3O3/c22-18(12-16-19-17(20-24-16)15-2-3-15)7-1-8-21(13-18)9-4-14-5-10-23-11-6-14/h14-15,22H,1-13H2. The molecule has 4 rings (SSSR count). The van der Waals surface area contributed by atoms with Crippen LogP contribution in [0, 0.1) is 5.92 Å². The third-order valence-electron chi connectivity index (χ3n) is 5.74. The third kappa shape index (κ3) is 4.16. The second-order valence-corrected chi connectivity index (χ2v) is 7.95. The van der Waals surface area contributed by atoms with Gasteiger partial charge in [0.15, 0.2) is 5.82 Å². The minimum atomic E-state index is -0.721. The third-order valence-corrected chi connectivity index (χ3v) is 5.74. The number of hydrogen-bond donors (Lipinski definition) is 1. The van der Waals surface area contributed by atoms with Gasteiger partial charge in [0.1, 0.15) is 0 Å². The molecule has 2 saturated heterocycles. The molecule has 0 radical (unpaired) electrons. The van der Waals surface area contributed by atoms with Crippen molar-refractivity contribution in [1.82, 2.24) is 15.0 Å².